The van der Waals surface area contributed by atoms with Gasteiger partial charge >= 0.3 is 0 Å². The molecule has 0 spiro atoms. The standard InChI is InChI=1S/C12H15Br2ClN4S/c1-3-7-11(15)9(19(2)18-7)5-8(17-16)6-4-10(13)20-12(6)14/h4,8,17H,3,5,16H2,1-2H3. The fourth-order valence-electron chi connectivity index (χ4n) is 2.08. The van der Waals surface area contributed by atoms with E-state index in [1.165, 1.54) is 0 Å². The van der Waals surface area contributed by atoms with E-state index in [9.17, 15) is 0 Å². The number of nitrogens with one attached hydrogen (secondary N) is 1. The van der Waals surface area contributed by atoms with E-state index in [1.54, 1.807) is 11.3 Å². The summed E-state index contributed by atoms with van der Waals surface area (Å²) in [7, 11) is 1.91. The third-order valence-electron chi connectivity index (χ3n) is 3.16. The molecule has 0 aliphatic carbocycles. The largest absolute Gasteiger partial charge is 0.271 e. The second kappa shape index (κ2) is 6.89. The molecule has 4 nitrogen and oxygen atoms in total. The van der Waals surface area contributed by atoms with Gasteiger partial charge in [-0.05, 0) is 49.9 Å². The normalized spacial score (nSPS) is 12.9. The minimum absolute atomic E-state index is 0.0236. The highest BCUT2D eigenvalue weighted by Gasteiger charge is 2.21. The molecule has 0 saturated heterocycles. The molecular formula is C12H15Br2ClN4S. The third-order valence-corrected chi connectivity index (χ3v) is 5.98. The molecule has 0 aliphatic rings. The van der Waals surface area contributed by atoms with Crippen LogP contribution in [0.2, 0.25) is 5.02 Å². The Balaban J connectivity index is 2.31. The van der Waals surface area contributed by atoms with Crippen molar-refractivity contribution in [2.45, 2.75) is 25.8 Å². The highest BCUT2D eigenvalue weighted by Crippen LogP contribution is 2.37. The molecule has 0 aliphatic heterocycles. The van der Waals surface area contributed by atoms with E-state index in [4.69, 9.17) is 17.4 Å². The number of hydrazine groups is 1. The van der Waals surface area contributed by atoms with Gasteiger partial charge in [-0.3, -0.25) is 16.0 Å². The van der Waals surface area contributed by atoms with E-state index >= 15 is 0 Å². The highest BCUT2D eigenvalue weighted by atomic mass is 79.9. The first-order chi connectivity index (χ1) is 9.47. The summed E-state index contributed by atoms with van der Waals surface area (Å²) in [5.41, 5.74) is 5.88. The van der Waals surface area contributed by atoms with Crippen LogP contribution in [-0.2, 0) is 19.9 Å². The second-order valence-electron chi connectivity index (χ2n) is 4.39. The molecule has 2 aromatic heterocycles. The smallest absolute Gasteiger partial charge is 0.0850 e. The average Bonchev–Trinajstić information content (AvgIpc) is 2.87. The SMILES string of the molecule is CCc1nn(C)c(CC(NN)c2cc(Br)sc2Br)c1Cl. The zero-order valence-corrected chi connectivity index (χ0v) is 15.8. The van der Waals surface area contributed by atoms with Crippen molar-refractivity contribution in [2.24, 2.45) is 12.9 Å². The molecule has 2 heterocycles. The predicted octanol–water partition coefficient (Wildman–Crippen LogP) is 3.97. The van der Waals surface area contributed by atoms with Crippen molar-refractivity contribution < 1.29 is 0 Å². The average molecular weight is 443 g/mol. The molecule has 110 valence electrons. The van der Waals surface area contributed by atoms with Gasteiger partial charge in [-0.1, -0.05) is 18.5 Å². The van der Waals surface area contributed by atoms with Gasteiger partial charge in [0.25, 0.3) is 0 Å². The number of hydrogen-bond acceptors (Lipinski definition) is 4. The number of aromatic nitrogens is 2. The van der Waals surface area contributed by atoms with Gasteiger partial charge in [0.05, 0.1) is 30.0 Å². The van der Waals surface area contributed by atoms with Crippen molar-refractivity contribution in [2.75, 3.05) is 0 Å². The van der Waals surface area contributed by atoms with Gasteiger partial charge < -0.3 is 0 Å². The highest BCUT2D eigenvalue weighted by molar-refractivity contribution is 9.12. The summed E-state index contributed by atoms with van der Waals surface area (Å²) in [6.45, 7) is 2.04. The molecule has 2 aromatic rings. The molecule has 2 rings (SSSR count). The molecule has 0 fully saturated rings. The molecule has 0 radical (unpaired) electrons. The minimum Gasteiger partial charge on any atom is -0.271 e. The van der Waals surface area contributed by atoms with E-state index in [1.807, 2.05) is 18.7 Å². The number of aryl methyl sites for hydroxylation is 2. The summed E-state index contributed by atoms with van der Waals surface area (Å²) in [5.74, 6) is 5.72. The first kappa shape index (κ1) is 16.5. The van der Waals surface area contributed by atoms with Crippen LogP contribution in [-0.4, -0.2) is 9.78 Å². The van der Waals surface area contributed by atoms with E-state index in [0.29, 0.717) is 6.42 Å². The Bertz CT molecular complexity index is 611. The molecule has 20 heavy (non-hydrogen) atoms. The summed E-state index contributed by atoms with van der Waals surface area (Å²) < 4.78 is 3.95. The predicted molar refractivity (Wildman–Crippen MR) is 91.1 cm³/mol. The zero-order valence-electron chi connectivity index (χ0n) is 11.1. The molecule has 1 atom stereocenters. The quantitative estimate of drug-likeness (QED) is 0.544. The number of hydrogen-bond donors (Lipinski definition) is 2. The molecule has 0 amide bonds. The fourth-order valence-corrected chi connectivity index (χ4v) is 5.43. The molecule has 3 N–H and O–H groups in total. The van der Waals surface area contributed by atoms with Gasteiger partial charge in [0, 0.05) is 13.5 Å². The van der Waals surface area contributed by atoms with Crippen molar-refractivity contribution in [1.82, 2.24) is 15.2 Å². The fraction of sp³-hybridized carbons (Fsp3) is 0.417. The minimum atomic E-state index is -0.0236. The van der Waals surface area contributed by atoms with Crippen LogP contribution in [0.4, 0.5) is 0 Å². The number of thiophene rings is 1. The Kier molecular flexibility index (Phi) is 5.67. The number of nitrogens with two attached hydrogens (primary N) is 1. The van der Waals surface area contributed by atoms with Gasteiger partial charge in [-0.15, -0.1) is 11.3 Å². The van der Waals surface area contributed by atoms with Gasteiger partial charge in [0.1, 0.15) is 0 Å². The first-order valence-electron chi connectivity index (χ1n) is 6.09. The topological polar surface area (TPSA) is 55.9 Å². The lowest BCUT2D eigenvalue weighted by molar-refractivity contribution is 0.530. The van der Waals surface area contributed by atoms with Gasteiger partial charge in [0.15, 0.2) is 0 Å². The molecule has 0 aromatic carbocycles. The van der Waals surface area contributed by atoms with Crippen LogP contribution in [0.25, 0.3) is 0 Å². The Morgan fingerprint density at radius 3 is 2.70 bits per heavy atom. The first-order valence-corrected chi connectivity index (χ1v) is 8.87. The number of nitrogens with zero attached hydrogens (tertiary/aromatic N) is 2. The molecule has 0 saturated carbocycles. The van der Waals surface area contributed by atoms with Crippen LogP contribution >= 0.6 is 54.8 Å². The Labute approximate surface area is 143 Å². The molecular weight excluding hydrogens is 427 g/mol. The Morgan fingerprint density at radius 2 is 2.25 bits per heavy atom. The number of rotatable bonds is 5. The number of halogens is 3. The van der Waals surface area contributed by atoms with E-state index < -0.39 is 0 Å². The van der Waals surface area contributed by atoms with Gasteiger partial charge in [-0.25, -0.2) is 0 Å². The van der Waals surface area contributed by atoms with Crippen LogP contribution in [0.15, 0.2) is 13.6 Å². The summed E-state index contributed by atoms with van der Waals surface area (Å²) in [6, 6.07) is 2.04. The van der Waals surface area contributed by atoms with E-state index in [-0.39, 0.29) is 6.04 Å². The summed E-state index contributed by atoms with van der Waals surface area (Å²) >= 11 is 15.1. The van der Waals surface area contributed by atoms with E-state index in [0.717, 1.165) is 36.0 Å². The maximum atomic E-state index is 6.39. The maximum absolute atomic E-state index is 6.39. The second-order valence-corrected chi connectivity index (χ2v) is 8.51. The van der Waals surface area contributed by atoms with Crippen molar-refractivity contribution in [3.05, 3.63) is 35.6 Å². The van der Waals surface area contributed by atoms with Crippen molar-refractivity contribution >= 4 is 54.8 Å². The van der Waals surface area contributed by atoms with Crippen LogP contribution in [0.1, 0.15) is 29.9 Å². The van der Waals surface area contributed by atoms with E-state index in [2.05, 4.69) is 48.5 Å². The Morgan fingerprint density at radius 1 is 1.55 bits per heavy atom. The Hall–Kier alpha value is 0.0800. The molecule has 8 heteroatoms. The van der Waals surface area contributed by atoms with Gasteiger partial charge in [0.2, 0.25) is 0 Å². The van der Waals surface area contributed by atoms with Crippen molar-refractivity contribution in [3.63, 3.8) is 0 Å². The van der Waals surface area contributed by atoms with Crippen LogP contribution < -0.4 is 11.3 Å². The van der Waals surface area contributed by atoms with Gasteiger partial charge in [-0.2, -0.15) is 5.10 Å². The monoisotopic (exact) mass is 440 g/mol. The summed E-state index contributed by atoms with van der Waals surface area (Å²) in [4.78, 5) is 0. The molecule has 0 bridgehead atoms. The summed E-state index contributed by atoms with van der Waals surface area (Å²) in [6.07, 6.45) is 1.50. The lowest BCUT2D eigenvalue weighted by Crippen LogP contribution is -2.30. The van der Waals surface area contributed by atoms with Crippen LogP contribution in [0.5, 0.6) is 0 Å². The van der Waals surface area contributed by atoms with Crippen LogP contribution in [0.3, 0.4) is 0 Å². The molecule has 1 unspecified atom stereocenters. The van der Waals surface area contributed by atoms with Crippen molar-refractivity contribution in [1.29, 1.82) is 0 Å². The lowest BCUT2D eigenvalue weighted by Gasteiger charge is -2.16. The summed E-state index contributed by atoms with van der Waals surface area (Å²) in [5, 5.41) is 5.17. The van der Waals surface area contributed by atoms with Crippen molar-refractivity contribution in [3.8, 4) is 0 Å². The third kappa shape index (κ3) is 3.28. The zero-order chi connectivity index (χ0) is 14.9. The van der Waals surface area contributed by atoms with Crippen LogP contribution in [0, 0.1) is 0 Å². The maximum Gasteiger partial charge on any atom is 0.0850 e. The lowest BCUT2D eigenvalue weighted by atomic mass is 10.1.